The first kappa shape index (κ1) is 98.5. The van der Waals surface area contributed by atoms with E-state index < -0.39 is 301 Å². The molecular weight excluding hydrogens is 1540 g/mol. The van der Waals surface area contributed by atoms with E-state index in [0.717, 1.165) is 32.6 Å². The highest BCUT2D eigenvalue weighted by Gasteiger charge is 2.56. The number of hydrogen-bond donors (Lipinski definition) is 23. The summed E-state index contributed by atoms with van der Waals surface area (Å²) in [7, 11) is -5.60. The number of nitrogens with zero attached hydrogens (tertiary/aromatic N) is 1. The van der Waals surface area contributed by atoms with Gasteiger partial charge >= 0.3 is 7.82 Å². The van der Waals surface area contributed by atoms with E-state index in [0.29, 0.717) is 0 Å². The van der Waals surface area contributed by atoms with Crippen LogP contribution in [-0.4, -0.2) is 330 Å². The Kier molecular flexibility index (Phi) is 39.4. The van der Waals surface area contributed by atoms with Crippen molar-refractivity contribution in [3.8, 4) is 0 Å². The van der Waals surface area contributed by atoms with Crippen molar-refractivity contribution in [2.24, 2.45) is 29.2 Å². The molecular formula is C67H115N14O32P. The van der Waals surface area contributed by atoms with Crippen molar-refractivity contribution >= 4 is 90.5 Å². The van der Waals surface area contributed by atoms with Crippen LogP contribution in [-0.2, 0) is 105 Å². The van der Waals surface area contributed by atoms with Crippen LogP contribution in [0.2, 0.25) is 0 Å². The van der Waals surface area contributed by atoms with Gasteiger partial charge in [0.15, 0.2) is 18.9 Å². The van der Waals surface area contributed by atoms with Crippen LogP contribution in [0.5, 0.6) is 0 Å². The molecule has 0 aromatic heterocycles. The van der Waals surface area contributed by atoms with Crippen molar-refractivity contribution in [3.05, 3.63) is 0 Å². The standard InChI is InChI=1S/C67H115N14O32P/c1-13-27(5)44(78-62(101)45(28(6)14-2)77-57(96)29(7)72-43(90)22-70-32(10)85)61(100)75-35(17-18-41(68)88)59(98)80-47(64(103)81-19-15-16-37(81)60(99)79-46(30(8)84)63(102)76-36(20-26(3)4)58(97)71-21-42(69)89)31(9)108-67-54(95)53(94)55(40(111-67)25-107-114(104,105)106)112-66-49(74-34(12)87)56(51(92)39(24-83)110-66)113-65-48(73-33(11)86)52(93)50(91)38(23-82)109-65/h26-31,35-40,44-56,65-67,82-84,91-95H,13-25H2,1-12H3,(H2,68,88)(H2,69,89)(H,70,85)(H,71,97)(H,72,90)(H,73,86)(H,74,87)(H,75,100)(H,76,102)(H,77,96)(H,78,101)(H,79,99)(H,80,98)(H2,104,105,106)/t27-,28-,29-,30+,31+,35-,36-,37-,38+,39+,40+,44-,45-,46-,47-,48+,49+,50-,51+,52+,53+,54-,55+,56+,65-,66-,67-/m0/s1. The molecule has 0 radical (unpaired) electrons. The van der Waals surface area contributed by atoms with Gasteiger partial charge in [-0.2, -0.15) is 0 Å². The highest BCUT2D eigenvalue weighted by molar-refractivity contribution is 7.46. The lowest BCUT2D eigenvalue weighted by Gasteiger charge is -2.50. The number of aliphatic hydroxyl groups excluding tert-OH is 8. The van der Waals surface area contributed by atoms with E-state index in [-0.39, 0.29) is 44.6 Å². The van der Waals surface area contributed by atoms with E-state index in [4.69, 9.17) is 44.4 Å². The molecule has 0 aliphatic carbocycles. The minimum absolute atomic E-state index is 0.0000617. The van der Waals surface area contributed by atoms with Crippen LogP contribution in [0, 0.1) is 17.8 Å². The molecule has 0 saturated carbocycles. The van der Waals surface area contributed by atoms with Gasteiger partial charge in [0, 0.05) is 33.7 Å². The molecule has 0 bridgehead atoms. The van der Waals surface area contributed by atoms with Gasteiger partial charge in [0.1, 0.15) is 121 Å². The Morgan fingerprint density at radius 1 is 0.544 bits per heavy atom. The van der Waals surface area contributed by atoms with Gasteiger partial charge in [0.05, 0.1) is 45.1 Å². The Balaban J connectivity index is 1.85. The fourth-order valence-corrected chi connectivity index (χ4v) is 13.1. The third-order valence-electron chi connectivity index (χ3n) is 19.3. The Hall–Kier alpha value is -7.87. The van der Waals surface area contributed by atoms with Gasteiger partial charge in [-0.05, 0) is 64.2 Å². The zero-order chi connectivity index (χ0) is 86.2. The molecule has 650 valence electrons. The molecule has 0 aromatic rings. The summed E-state index contributed by atoms with van der Waals surface area (Å²) >= 11 is 0. The van der Waals surface area contributed by atoms with Gasteiger partial charge in [-0.3, -0.25) is 71.6 Å². The topological polar surface area (TPSA) is 711 Å². The number of phosphoric acid groups is 1. The second kappa shape index (κ2) is 45.6. The SMILES string of the molecule is CC[C@H](C)[C@H](NC(=O)[C@H](C)NC(=O)CNC(C)=O)C(=O)N[C@H](C(=O)N[C@@H](CCC(N)=O)C(=O)N[C@H](C(=O)N1CCC[C@H]1C(=O)N[C@H](C(=O)N[C@@H](CC(C)C)C(=O)NCC(N)=O)[C@@H](C)O)[C@@H](C)O[C@H]1O[C@H](COP(=O)(O)O)[C@@H](O[C@@H]2O[C@H](CO)[C@@H](O)[C@H](O[C@@H]3O[C@H](CO)[C@H](O)[C@H](O)[C@H]3NC(C)=O)[C@H]2NC(C)=O)[C@H](O)[C@@H]1O)[C@@H](C)CC. The number of amides is 14. The van der Waals surface area contributed by atoms with Crippen LogP contribution >= 0.6 is 7.82 Å². The van der Waals surface area contributed by atoms with Crippen molar-refractivity contribution in [1.29, 1.82) is 0 Å². The number of ether oxygens (including phenoxy) is 6. The summed E-state index contributed by atoms with van der Waals surface area (Å²) in [6, 6.07) is -16.8. The lowest BCUT2D eigenvalue weighted by atomic mass is 9.94. The molecule has 46 nitrogen and oxygen atoms in total. The fraction of sp³-hybridized carbons (Fsp3) is 0.791. The summed E-state index contributed by atoms with van der Waals surface area (Å²) in [5, 5.41) is 116. The van der Waals surface area contributed by atoms with Gasteiger partial charge in [-0.15, -0.1) is 0 Å². The summed E-state index contributed by atoms with van der Waals surface area (Å²) in [6.07, 6.45) is -31.8. The van der Waals surface area contributed by atoms with E-state index in [2.05, 4.69) is 58.5 Å². The number of carbonyl (C=O) groups is 14. The zero-order valence-corrected chi connectivity index (χ0v) is 66.3. The van der Waals surface area contributed by atoms with Crippen LogP contribution in [0.3, 0.4) is 0 Å². The summed E-state index contributed by atoms with van der Waals surface area (Å²) in [5.74, 6) is -15.2. The van der Waals surface area contributed by atoms with Gasteiger partial charge < -0.3 is 154 Å². The number of nitrogens with two attached hydrogens (primary N) is 2. The number of nitrogens with one attached hydrogen (secondary N) is 11. The molecule has 4 heterocycles. The van der Waals surface area contributed by atoms with E-state index in [1.807, 2.05) is 0 Å². The first-order valence-electron chi connectivity index (χ1n) is 37.2. The van der Waals surface area contributed by atoms with Gasteiger partial charge in [0.2, 0.25) is 82.7 Å². The smallest absolute Gasteiger partial charge is 0.394 e. The maximum atomic E-state index is 15.6. The molecule has 4 aliphatic rings. The molecule has 47 heteroatoms. The number of rotatable bonds is 43. The van der Waals surface area contributed by atoms with E-state index in [1.54, 1.807) is 34.6 Å². The molecule has 4 aliphatic heterocycles. The third kappa shape index (κ3) is 29.1. The average molecular weight is 1660 g/mol. The Morgan fingerprint density at radius 2 is 1.06 bits per heavy atom. The van der Waals surface area contributed by atoms with E-state index >= 15 is 9.59 Å². The highest BCUT2D eigenvalue weighted by Crippen LogP contribution is 2.39. The van der Waals surface area contributed by atoms with Crippen molar-refractivity contribution in [2.75, 3.05) is 39.5 Å². The second-order valence-electron chi connectivity index (χ2n) is 29.0. The second-order valence-corrected chi connectivity index (χ2v) is 30.3. The minimum atomic E-state index is -5.60. The molecule has 0 aromatic carbocycles. The summed E-state index contributed by atoms with van der Waals surface area (Å²) < 4.78 is 53.3. The maximum absolute atomic E-state index is 15.6. The molecule has 0 unspecified atom stereocenters. The lowest BCUT2D eigenvalue weighted by molar-refractivity contribution is -0.362. The summed E-state index contributed by atoms with van der Waals surface area (Å²) in [6.45, 7) is 11.6. The molecule has 4 rings (SSSR count). The molecule has 27 atom stereocenters. The number of likely N-dealkylation sites (tertiary alicyclic amines) is 1. The van der Waals surface area contributed by atoms with E-state index in [9.17, 15) is 113 Å². The Bertz CT molecular complexity index is 3360. The van der Waals surface area contributed by atoms with Gasteiger partial charge in [-0.1, -0.05) is 54.4 Å². The first-order valence-corrected chi connectivity index (χ1v) is 38.7. The number of primary amides is 2. The Labute approximate surface area is 656 Å². The monoisotopic (exact) mass is 1660 g/mol. The van der Waals surface area contributed by atoms with Crippen molar-refractivity contribution in [1.82, 2.24) is 63.4 Å². The van der Waals surface area contributed by atoms with Crippen LogP contribution in [0.4, 0.5) is 0 Å². The van der Waals surface area contributed by atoms with E-state index in [1.165, 1.54) is 20.8 Å². The predicted molar refractivity (Wildman–Crippen MR) is 387 cm³/mol. The minimum Gasteiger partial charge on any atom is -0.394 e. The van der Waals surface area contributed by atoms with Crippen molar-refractivity contribution in [3.63, 3.8) is 0 Å². The van der Waals surface area contributed by atoms with Gasteiger partial charge in [0.25, 0.3) is 0 Å². The molecule has 4 saturated heterocycles. The zero-order valence-electron chi connectivity index (χ0n) is 65.4. The number of carbonyl (C=O) groups excluding carboxylic acids is 14. The third-order valence-corrected chi connectivity index (χ3v) is 19.8. The average Bonchev–Trinajstić information content (AvgIpc) is 0.897. The van der Waals surface area contributed by atoms with Crippen LogP contribution in [0.15, 0.2) is 0 Å². The first-order chi connectivity index (χ1) is 53.2. The molecule has 0 spiro atoms. The summed E-state index contributed by atoms with van der Waals surface area (Å²) in [4.78, 5) is 210. The van der Waals surface area contributed by atoms with Crippen LogP contribution in [0.25, 0.3) is 0 Å². The largest absolute Gasteiger partial charge is 0.469 e. The molecule has 114 heavy (non-hydrogen) atoms. The normalized spacial score (nSPS) is 27.9. The quantitative estimate of drug-likeness (QED) is 0.0252. The maximum Gasteiger partial charge on any atom is 0.469 e. The Morgan fingerprint density at radius 3 is 1.59 bits per heavy atom. The number of hydrogen-bond acceptors (Lipinski definition) is 30. The van der Waals surface area contributed by atoms with Gasteiger partial charge in [-0.25, -0.2) is 4.57 Å². The van der Waals surface area contributed by atoms with Crippen LogP contribution in [0.1, 0.15) is 128 Å². The summed E-state index contributed by atoms with van der Waals surface area (Å²) in [5.41, 5.74) is 10.8. The predicted octanol–water partition coefficient (Wildman–Crippen LogP) is -10.8. The lowest BCUT2D eigenvalue weighted by Crippen LogP contribution is -2.71. The molecule has 25 N–H and O–H groups in total. The van der Waals surface area contributed by atoms with Crippen molar-refractivity contribution in [2.45, 2.75) is 281 Å². The fourth-order valence-electron chi connectivity index (χ4n) is 12.7. The number of aliphatic hydroxyl groups is 8. The number of phosphoric ester groups is 1. The highest BCUT2D eigenvalue weighted by atomic mass is 31.2. The van der Waals surface area contributed by atoms with Crippen molar-refractivity contribution < 1.29 is 155 Å². The molecule has 4 fully saturated rings. The van der Waals surface area contributed by atoms with Crippen LogP contribution < -0.4 is 70.0 Å². The molecule has 14 amide bonds.